The van der Waals surface area contributed by atoms with E-state index in [0.29, 0.717) is 12.8 Å². The van der Waals surface area contributed by atoms with Gasteiger partial charge in [-0.15, -0.1) is 22.7 Å². The van der Waals surface area contributed by atoms with E-state index in [0.717, 1.165) is 19.4 Å². The van der Waals surface area contributed by atoms with Crippen LogP contribution < -0.4 is 0 Å². The number of carbonyl (C=O) groups is 1. The van der Waals surface area contributed by atoms with Crippen LogP contribution in [0.1, 0.15) is 17.8 Å². The second-order valence-electron chi connectivity index (χ2n) is 4.03. The summed E-state index contributed by atoms with van der Waals surface area (Å²) in [4.78, 5) is 16.7. The number of thiophene rings is 1. The van der Waals surface area contributed by atoms with Crippen molar-refractivity contribution in [2.75, 3.05) is 0 Å². The average Bonchev–Trinajstić information content (AvgIpc) is 2.76. The van der Waals surface area contributed by atoms with Crippen molar-refractivity contribution in [1.82, 2.24) is 4.98 Å². The molecule has 0 saturated heterocycles. The summed E-state index contributed by atoms with van der Waals surface area (Å²) in [5.74, 6) is -0.745. The highest BCUT2D eigenvalue weighted by Crippen LogP contribution is 2.50. The summed E-state index contributed by atoms with van der Waals surface area (Å²) in [6.45, 7) is 0. The molecule has 0 aliphatic heterocycles. The Morgan fingerprint density at radius 1 is 1.47 bits per heavy atom. The fourth-order valence-electron chi connectivity index (χ4n) is 1.70. The van der Waals surface area contributed by atoms with Gasteiger partial charge in [0.05, 0.1) is 14.4 Å². The summed E-state index contributed by atoms with van der Waals surface area (Å²) in [5, 5.41) is 11.9. The summed E-state index contributed by atoms with van der Waals surface area (Å²) in [6.07, 6.45) is 1.42. The van der Waals surface area contributed by atoms with E-state index in [1.54, 1.807) is 11.3 Å². The number of hydrogen-bond acceptors (Lipinski definition) is 4. The van der Waals surface area contributed by atoms with Crippen LogP contribution in [-0.4, -0.2) is 16.1 Å². The van der Waals surface area contributed by atoms with Crippen molar-refractivity contribution < 1.29 is 9.90 Å². The standard InChI is InChI=1S/C11H8BrNO2S2/c12-8-2-1-7(17-8)6-5-16-9(13-6)11(3-4-11)10(14)15/h1-2,5H,3-4H2,(H,14,15). The lowest BCUT2D eigenvalue weighted by atomic mass is 10.1. The lowest BCUT2D eigenvalue weighted by Gasteiger charge is -2.03. The van der Waals surface area contributed by atoms with Gasteiger partial charge in [-0.2, -0.15) is 0 Å². The Morgan fingerprint density at radius 2 is 2.24 bits per heavy atom. The molecular formula is C11H8BrNO2S2. The van der Waals surface area contributed by atoms with Crippen LogP contribution in [-0.2, 0) is 10.2 Å². The molecule has 1 N–H and O–H groups in total. The molecule has 0 atom stereocenters. The molecule has 1 saturated carbocycles. The van der Waals surface area contributed by atoms with E-state index in [9.17, 15) is 9.90 Å². The molecule has 17 heavy (non-hydrogen) atoms. The number of aromatic nitrogens is 1. The third-order valence-corrected chi connectivity index (χ3v) is 5.59. The molecule has 0 amide bonds. The van der Waals surface area contributed by atoms with Crippen LogP contribution in [0, 0.1) is 0 Å². The summed E-state index contributed by atoms with van der Waals surface area (Å²) in [7, 11) is 0. The minimum absolute atomic E-state index is 0.683. The zero-order chi connectivity index (χ0) is 12.0. The first-order valence-electron chi connectivity index (χ1n) is 5.07. The molecular weight excluding hydrogens is 322 g/mol. The highest BCUT2D eigenvalue weighted by atomic mass is 79.9. The van der Waals surface area contributed by atoms with Gasteiger partial charge in [0, 0.05) is 5.38 Å². The Morgan fingerprint density at radius 3 is 2.76 bits per heavy atom. The first-order valence-corrected chi connectivity index (χ1v) is 7.56. The molecule has 3 rings (SSSR count). The van der Waals surface area contributed by atoms with E-state index < -0.39 is 11.4 Å². The van der Waals surface area contributed by atoms with Gasteiger partial charge in [-0.25, -0.2) is 4.98 Å². The quantitative estimate of drug-likeness (QED) is 0.932. The topological polar surface area (TPSA) is 50.2 Å². The van der Waals surface area contributed by atoms with Crippen molar-refractivity contribution in [3.05, 3.63) is 26.3 Å². The lowest BCUT2D eigenvalue weighted by molar-refractivity contribution is -0.140. The van der Waals surface area contributed by atoms with E-state index in [1.165, 1.54) is 11.3 Å². The predicted octanol–water partition coefficient (Wildman–Crippen LogP) is 3.75. The third-order valence-electron chi connectivity index (χ3n) is 2.90. The summed E-state index contributed by atoms with van der Waals surface area (Å²) in [5.41, 5.74) is 0.199. The van der Waals surface area contributed by atoms with Crippen LogP contribution in [0.4, 0.5) is 0 Å². The minimum Gasteiger partial charge on any atom is -0.481 e. The summed E-state index contributed by atoms with van der Waals surface area (Å²) in [6, 6.07) is 3.97. The van der Waals surface area contributed by atoms with Crippen molar-refractivity contribution in [3.8, 4) is 10.6 Å². The third kappa shape index (κ3) is 1.84. The molecule has 2 heterocycles. The minimum atomic E-state index is -0.745. The van der Waals surface area contributed by atoms with Crippen molar-refractivity contribution in [2.24, 2.45) is 0 Å². The van der Waals surface area contributed by atoms with Crippen LogP contribution in [0.5, 0.6) is 0 Å². The Hall–Kier alpha value is -0.720. The van der Waals surface area contributed by atoms with Crippen LogP contribution in [0.15, 0.2) is 21.3 Å². The zero-order valence-electron chi connectivity index (χ0n) is 8.64. The molecule has 2 aromatic heterocycles. The first-order chi connectivity index (χ1) is 8.12. The maximum absolute atomic E-state index is 11.2. The molecule has 0 spiro atoms. The van der Waals surface area contributed by atoms with Gasteiger partial charge in [-0.3, -0.25) is 4.79 Å². The Balaban J connectivity index is 1.96. The second kappa shape index (κ2) is 3.90. The molecule has 0 unspecified atom stereocenters. The molecule has 0 aromatic carbocycles. The van der Waals surface area contributed by atoms with Gasteiger partial charge in [0.25, 0.3) is 0 Å². The van der Waals surface area contributed by atoms with E-state index in [1.807, 2.05) is 17.5 Å². The zero-order valence-corrected chi connectivity index (χ0v) is 11.9. The molecule has 0 radical (unpaired) electrons. The number of carboxylic acids is 1. The van der Waals surface area contributed by atoms with Gasteiger partial charge < -0.3 is 5.11 Å². The van der Waals surface area contributed by atoms with E-state index in [2.05, 4.69) is 20.9 Å². The van der Waals surface area contributed by atoms with E-state index >= 15 is 0 Å². The van der Waals surface area contributed by atoms with Crippen LogP contribution in [0.25, 0.3) is 10.6 Å². The van der Waals surface area contributed by atoms with Crippen molar-refractivity contribution >= 4 is 44.6 Å². The highest BCUT2D eigenvalue weighted by Gasteiger charge is 2.54. The monoisotopic (exact) mass is 329 g/mol. The van der Waals surface area contributed by atoms with E-state index in [-0.39, 0.29) is 0 Å². The number of aliphatic carboxylic acids is 1. The summed E-state index contributed by atoms with van der Waals surface area (Å²) < 4.78 is 1.06. The Bertz CT molecular complexity index is 586. The number of rotatable bonds is 3. The Kier molecular flexibility index (Phi) is 2.61. The molecule has 6 heteroatoms. The van der Waals surface area contributed by atoms with Gasteiger partial charge in [-0.1, -0.05) is 0 Å². The maximum atomic E-state index is 11.2. The molecule has 3 nitrogen and oxygen atoms in total. The number of thiazole rings is 1. The predicted molar refractivity (Wildman–Crippen MR) is 71.7 cm³/mol. The van der Waals surface area contributed by atoms with Gasteiger partial charge in [0.15, 0.2) is 0 Å². The number of hydrogen-bond donors (Lipinski definition) is 1. The number of halogens is 1. The molecule has 2 aromatic rings. The van der Waals surface area contributed by atoms with Crippen molar-refractivity contribution in [1.29, 1.82) is 0 Å². The smallest absolute Gasteiger partial charge is 0.316 e. The van der Waals surface area contributed by atoms with Crippen molar-refractivity contribution in [3.63, 3.8) is 0 Å². The van der Waals surface area contributed by atoms with Gasteiger partial charge in [0.2, 0.25) is 0 Å². The average molecular weight is 330 g/mol. The normalized spacial score (nSPS) is 17.0. The van der Waals surface area contributed by atoms with Crippen LogP contribution >= 0.6 is 38.6 Å². The lowest BCUT2D eigenvalue weighted by Crippen LogP contribution is -2.19. The molecule has 88 valence electrons. The van der Waals surface area contributed by atoms with E-state index in [4.69, 9.17) is 0 Å². The molecule has 1 aliphatic carbocycles. The maximum Gasteiger partial charge on any atom is 0.316 e. The largest absolute Gasteiger partial charge is 0.481 e. The number of nitrogens with zero attached hydrogens (tertiary/aromatic N) is 1. The van der Waals surface area contributed by atoms with Gasteiger partial charge >= 0.3 is 5.97 Å². The molecule has 0 bridgehead atoms. The highest BCUT2D eigenvalue weighted by molar-refractivity contribution is 9.11. The van der Waals surface area contributed by atoms with Gasteiger partial charge in [0.1, 0.15) is 10.4 Å². The number of carboxylic acid groups (broad SMARTS) is 1. The van der Waals surface area contributed by atoms with Gasteiger partial charge in [-0.05, 0) is 40.9 Å². The summed E-state index contributed by atoms with van der Waals surface area (Å²) >= 11 is 6.47. The fraction of sp³-hybridized carbons (Fsp3) is 0.273. The van der Waals surface area contributed by atoms with Crippen LogP contribution in [0.2, 0.25) is 0 Å². The second-order valence-corrected chi connectivity index (χ2v) is 7.35. The molecule has 1 fully saturated rings. The Labute approximate surface area is 114 Å². The van der Waals surface area contributed by atoms with Crippen LogP contribution in [0.3, 0.4) is 0 Å². The van der Waals surface area contributed by atoms with Crippen molar-refractivity contribution in [2.45, 2.75) is 18.3 Å². The fourth-order valence-corrected chi connectivity index (χ4v) is 4.20. The molecule has 1 aliphatic rings. The first kappa shape index (κ1) is 11.4. The SMILES string of the molecule is O=C(O)C1(c2nc(-c3ccc(Br)s3)cs2)CC1.